The van der Waals surface area contributed by atoms with E-state index in [1.807, 2.05) is 6.07 Å². The van der Waals surface area contributed by atoms with Crippen LogP contribution in [0, 0.1) is 5.82 Å². The van der Waals surface area contributed by atoms with Crippen LogP contribution in [0.15, 0.2) is 39.6 Å². The van der Waals surface area contributed by atoms with Crippen LogP contribution >= 0.6 is 0 Å². The lowest BCUT2D eigenvalue weighted by Crippen LogP contribution is -2.38. The van der Waals surface area contributed by atoms with Gasteiger partial charge in [0.1, 0.15) is 11.6 Å². The molecule has 5 heteroatoms. The van der Waals surface area contributed by atoms with Crippen molar-refractivity contribution in [2.45, 2.75) is 31.2 Å². The fourth-order valence-electron chi connectivity index (χ4n) is 2.87. The molecule has 2 unspecified atom stereocenters. The molecule has 1 aliphatic heterocycles. The Bertz CT molecular complexity index is 635. The minimum atomic E-state index is -0.202. The van der Waals surface area contributed by atoms with Gasteiger partial charge in [-0.15, -0.1) is 0 Å². The number of H-pyrrole nitrogens is 1. The summed E-state index contributed by atoms with van der Waals surface area (Å²) in [7, 11) is 0. The Morgan fingerprint density at radius 1 is 1.35 bits per heavy atom. The second kappa shape index (κ2) is 5.63. The van der Waals surface area contributed by atoms with Crippen molar-refractivity contribution in [2.24, 2.45) is 0 Å². The van der Waals surface area contributed by atoms with E-state index in [4.69, 9.17) is 4.52 Å². The molecule has 1 aromatic carbocycles. The van der Waals surface area contributed by atoms with Gasteiger partial charge in [-0.2, -0.15) is 5.16 Å². The minimum absolute atomic E-state index is 0.194. The number of benzene rings is 1. The van der Waals surface area contributed by atoms with Crippen LogP contribution in [0.4, 0.5) is 4.39 Å². The number of aromatic amines is 1. The first-order valence-electron chi connectivity index (χ1n) is 6.87. The molecule has 4 nitrogen and oxygen atoms in total. The zero-order valence-corrected chi connectivity index (χ0v) is 11.1. The Morgan fingerprint density at radius 3 is 3.00 bits per heavy atom. The molecule has 20 heavy (non-hydrogen) atoms. The number of halogens is 1. The van der Waals surface area contributed by atoms with E-state index in [0.29, 0.717) is 0 Å². The highest BCUT2D eigenvalue weighted by molar-refractivity contribution is 5.18. The van der Waals surface area contributed by atoms with Gasteiger partial charge in [-0.1, -0.05) is 12.1 Å². The van der Waals surface area contributed by atoms with Crippen molar-refractivity contribution in [2.75, 3.05) is 6.54 Å². The maximum Gasteiger partial charge on any atom is 0.280 e. The summed E-state index contributed by atoms with van der Waals surface area (Å²) in [5, 5.41) is 5.78. The highest BCUT2D eigenvalue weighted by atomic mass is 19.1. The Labute approximate surface area is 116 Å². The molecule has 0 spiro atoms. The molecule has 0 radical (unpaired) electrons. The van der Waals surface area contributed by atoms with Crippen molar-refractivity contribution < 1.29 is 8.91 Å². The number of aromatic nitrogens is 1. The summed E-state index contributed by atoms with van der Waals surface area (Å²) in [6.07, 6.45) is 2.61. The first kappa shape index (κ1) is 13.1. The number of piperidine rings is 1. The van der Waals surface area contributed by atoms with Crippen molar-refractivity contribution in [3.05, 3.63) is 57.8 Å². The lowest BCUT2D eigenvalue weighted by molar-refractivity contribution is 0.292. The van der Waals surface area contributed by atoms with E-state index in [-0.39, 0.29) is 23.3 Å². The topological polar surface area (TPSA) is 58.0 Å². The van der Waals surface area contributed by atoms with Gasteiger partial charge in [-0.3, -0.25) is 4.79 Å². The van der Waals surface area contributed by atoms with Crippen molar-refractivity contribution in [1.29, 1.82) is 0 Å². The molecule has 106 valence electrons. The molecular formula is C15H17FN2O2. The van der Waals surface area contributed by atoms with Crippen molar-refractivity contribution in [1.82, 2.24) is 10.5 Å². The van der Waals surface area contributed by atoms with Gasteiger partial charge in [0.05, 0.1) is 0 Å². The van der Waals surface area contributed by atoms with Gasteiger partial charge in [0.2, 0.25) is 0 Å². The highest BCUT2D eigenvalue weighted by Crippen LogP contribution is 2.27. The summed E-state index contributed by atoms with van der Waals surface area (Å²) in [6, 6.07) is 8.49. The fraction of sp³-hybridized carbons (Fsp3) is 0.400. The van der Waals surface area contributed by atoms with E-state index in [1.165, 1.54) is 12.1 Å². The molecule has 1 saturated heterocycles. The van der Waals surface area contributed by atoms with Gasteiger partial charge in [0, 0.05) is 18.0 Å². The monoisotopic (exact) mass is 276 g/mol. The fourth-order valence-corrected chi connectivity index (χ4v) is 2.87. The summed E-state index contributed by atoms with van der Waals surface area (Å²) < 4.78 is 18.4. The first-order chi connectivity index (χ1) is 9.70. The number of nitrogens with one attached hydrogen (secondary N) is 2. The van der Waals surface area contributed by atoms with Gasteiger partial charge in [-0.25, -0.2) is 4.39 Å². The SMILES string of the molecule is O=c1cc(C2CCNC(Cc3cccc(F)c3)C2)o[nH]1. The highest BCUT2D eigenvalue weighted by Gasteiger charge is 2.25. The summed E-state index contributed by atoms with van der Waals surface area (Å²) in [6.45, 7) is 0.875. The third-order valence-electron chi connectivity index (χ3n) is 3.81. The van der Waals surface area contributed by atoms with Crippen molar-refractivity contribution in [3.63, 3.8) is 0 Å². The Morgan fingerprint density at radius 2 is 2.25 bits per heavy atom. The zero-order chi connectivity index (χ0) is 13.9. The number of rotatable bonds is 3. The molecule has 0 bridgehead atoms. The van der Waals surface area contributed by atoms with Crippen molar-refractivity contribution >= 4 is 0 Å². The molecular weight excluding hydrogens is 259 g/mol. The number of hydrogen-bond acceptors (Lipinski definition) is 3. The summed E-state index contributed by atoms with van der Waals surface area (Å²) in [4.78, 5) is 11.1. The van der Waals surface area contributed by atoms with Gasteiger partial charge in [0.15, 0.2) is 0 Å². The zero-order valence-electron chi connectivity index (χ0n) is 11.1. The molecule has 2 atom stereocenters. The molecule has 2 heterocycles. The molecule has 1 aliphatic rings. The number of hydrogen-bond donors (Lipinski definition) is 2. The molecule has 1 fully saturated rings. The van der Waals surface area contributed by atoms with Crippen LogP contribution in [0.5, 0.6) is 0 Å². The van der Waals surface area contributed by atoms with Crippen LogP contribution < -0.4 is 10.9 Å². The predicted octanol–water partition coefficient (Wildman–Crippen LogP) is 2.19. The lowest BCUT2D eigenvalue weighted by Gasteiger charge is -2.29. The lowest BCUT2D eigenvalue weighted by atomic mass is 9.87. The van der Waals surface area contributed by atoms with E-state index in [0.717, 1.165) is 37.1 Å². The normalized spacial score (nSPS) is 22.9. The third-order valence-corrected chi connectivity index (χ3v) is 3.81. The maximum absolute atomic E-state index is 13.2. The molecule has 1 aromatic heterocycles. The molecule has 0 amide bonds. The molecule has 0 aliphatic carbocycles. The summed E-state index contributed by atoms with van der Waals surface area (Å²) >= 11 is 0. The van der Waals surface area contributed by atoms with E-state index >= 15 is 0 Å². The first-order valence-corrected chi connectivity index (χ1v) is 6.87. The second-order valence-corrected chi connectivity index (χ2v) is 5.32. The quantitative estimate of drug-likeness (QED) is 0.903. The van der Waals surface area contributed by atoms with E-state index < -0.39 is 0 Å². The molecule has 2 aromatic rings. The van der Waals surface area contributed by atoms with Crippen LogP contribution in [-0.4, -0.2) is 17.7 Å². The smallest absolute Gasteiger partial charge is 0.280 e. The van der Waals surface area contributed by atoms with Gasteiger partial charge in [0.25, 0.3) is 5.56 Å². The van der Waals surface area contributed by atoms with Crippen molar-refractivity contribution in [3.8, 4) is 0 Å². The minimum Gasteiger partial charge on any atom is -0.383 e. The van der Waals surface area contributed by atoms with Crippen LogP contribution in [-0.2, 0) is 6.42 Å². The molecule has 2 N–H and O–H groups in total. The average molecular weight is 276 g/mol. The van der Waals surface area contributed by atoms with Crippen LogP contribution in [0.1, 0.15) is 30.1 Å². The van der Waals surface area contributed by atoms with Crippen LogP contribution in [0.3, 0.4) is 0 Å². The summed E-state index contributed by atoms with van der Waals surface area (Å²) in [5.74, 6) is 0.765. The van der Waals surface area contributed by atoms with E-state index in [9.17, 15) is 9.18 Å². The van der Waals surface area contributed by atoms with Gasteiger partial charge in [-0.05, 0) is 43.5 Å². The van der Waals surface area contributed by atoms with Gasteiger partial charge >= 0.3 is 0 Å². The van der Waals surface area contributed by atoms with Gasteiger partial charge < -0.3 is 9.84 Å². The van der Waals surface area contributed by atoms with Crippen LogP contribution in [0.25, 0.3) is 0 Å². The largest absolute Gasteiger partial charge is 0.383 e. The Kier molecular flexibility index (Phi) is 3.69. The standard InChI is InChI=1S/C15H17FN2O2/c16-12-3-1-2-10(6-12)7-13-8-11(4-5-17-13)14-9-15(19)18-20-14/h1-3,6,9,11,13,17H,4-5,7-8H2,(H,18,19). The predicted molar refractivity (Wildman–Crippen MR) is 73.2 cm³/mol. The third kappa shape index (κ3) is 2.99. The Balaban J connectivity index is 1.67. The second-order valence-electron chi connectivity index (χ2n) is 5.32. The maximum atomic E-state index is 13.2. The van der Waals surface area contributed by atoms with E-state index in [2.05, 4.69) is 10.5 Å². The average Bonchev–Trinajstić information content (AvgIpc) is 2.86. The Hall–Kier alpha value is -1.88. The van der Waals surface area contributed by atoms with Crippen LogP contribution in [0.2, 0.25) is 0 Å². The van der Waals surface area contributed by atoms with E-state index in [1.54, 1.807) is 12.1 Å². The molecule has 0 saturated carbocycles. The molecule has 3 rings (SSSR count). The summed E-state index contributed by atoms with van der Waals surface area (Å²) in [5.41, 5.74) is 0.791.